The van der Waals surface area contributed by atoms with Crippen molar-refractivity contribution in [2.45, 2.75) is 50.2 Å². The lowest BCUT2D eigenvalue weighted by atomic mass is 9.93. The van der Waals surface area contributed by atoms with E-state index in [2.05, 4.69) is 16.0 Å². The van der Waals surface area contributed by atoms with Crippen LogP contribution in [0.3, 0.4) is 0 Å². The molecule has 5 rings (SSSR count). The lowest BCUT2D eigenvalue weighted by Gasteiger charge is -2.34. The minimum absolute atomic E-state index is 0.0110. The van der Waals surface area contributed by atoms with Gasteiger partial charge in [-0.1, -0.05) is 23.7 Å². The van der Waals surface area contributed by atoms with Gasteiger partial charge in [0.1, 0.15) is 18.0 Å². The zero-order chi connectivity index (χ0) is 25.9. The van der Waals surface area contributed by atoms with Gasteiger partial charge in [-0.05, 0) is 61.9 Å². The maximum atomic E-state index is 13.6. The second kappa shape index (κ2) is 11.0. The first-order valence-corrected chi connectivity index (χ1v) is 13.4. The minimum Gasteiger partial charge on any atom is -0.446 e. The van der Waals surface area contributed by atoms with Crippen LogP contribution >= 0.6 is 11.6 Å². The second-order valence-electron chi connectivity index (χ2n) is 10.3. The van der Waals surface area contributed by atoms with Gasteiger partial charge < -0.3 is 19.4 Å². The Morgan fingerprint density at radius 1 is 1.08 bits per heavy atom. The highest BCUT2D eigenvalue weighted by Gasteiger charge is 2.42. The molecule has 9 heteroatoms. The number of likely N-dealkylation sites (tertiary alicyclic amines) is 1. The largest absolute Gasteiger partial charge is 0.446 e. The van der Waals surface area contributed by atoms with E-state index in [0.717, 1.165) is 56.6 Å². The molecule has 3 fully saturated rings. The van der Waals surface area contributed by atoms with Gasteiger partial charge in [-0.3, -0.25) is 4.79 Å². The molecule has 0 spiro atoms. The molecule has 1 saturated carbocycles. The van der Waals surface area contributed by atoms with E-state index >= 15 is 0 Å². The number of amides is 2. The highest BCUT2D eigenvalue weighted by Crippen LogP contribution is 2.34. The Labute approximate surface area is 222 Å². The molecule has 1 aromatic carbocycles. The van der Waals surface area contributed by atoms with Crippen molar-refractivity contribution < 1.29 is 14.3 Å². The van der Waals surface area contributed by atoms with Crippen LogP contribution in [0.4, 0.5) is 10.6 Å². The van der Waals surface area contributed by atoms with Crippen molar-refractivity contribution in [1.82, 2.24) is 14.8 Å². The predicted molar refractivity (Wildman–Crippen MR) is 140 cm³/mol. The molecule has 3 aliphatic rings. The number of piperidine rings is 1. The van der Waals surface area contributed by atoms with Crippen LogP contribution < -0.4 is 4.90 Å². The van der Waals surface area contributed by atoms with Crippen molar-refractivity contribution in [3.8, 4) is 6.07 Å². The molecule has 37 heavy (non-hydrogen) atoms. The van der Waals surface area contributed by atoms with Crippen molar-refractivity contribution in [2.24, 2.45) is 5.92 Å². The summed E-state index contributed by atoms with van der Waals surface area (Å²) >= 11 is 6.13. The molecular weight excluding hydrogens is 490 g/mol. The lowest BCUT2D eigenvalue weighted by molar-refractivity contribution is -0.135. The highest BCUT2D eigenvalue weighted by atomic mass is 35.5. The fraction of sp³-hybridized carbons (Fsp3) is 0.500. The molecule has 2 atom stereocenters. The van der Waals surface area contributed by atoms with Crippen LogP contribution in [0.5, 0.6) is 0 Å². The van der Waals surface area contributed by atoms with E-state index in [1.54, 1.807) is 24.2 Å². The minimum atomic E-state index is -0.314. The smallest absolute Gasteiger partial charge is 0.410 e. The topological polar surface area (TPSA) is 89.8 Å². The lowest BCUT2D eigenvalue weighted by Crippen LogP contribution is -2.45. The van der Waals surface area contributed by atoms with E-state index in [0.29, 0.717) is 23.7 Å². The van der Waals surface area contributed by atoms with Gasteiger partial charge in [-0.15, -0.1) is 0 Å². The third kappa shape index (κ3) is 5.52. The first kappa shape index (κ1) is 25.3. The summed E-state index contributed by atoms with van der Waals surface area (Å²) in [5, 5.41) is 9.66. The van der Waals surface area contributed by atoms with Crippen LogP contribution in [0, 0.1) is 17.2 Å². The molecule has 194 valence electrons. The summed E-state index contributed by atoms with van der Waals surface area (Å²) in [4.78, 5) is 36.7. The third-order valence-corrected chi connectivity index (χ3v) is 8.30. The van der Waals surface area contributed by atoms with Crippen LogP contribution in [0.1, 0.15) is 49.1 Å². The number of likely N-dealkylation sites (N-methyl/N-ethyl adjacent to an activating group) is 1. The second-order valence-corrected chi connectivity index (χ2v) is 10.7. The average Bonchev–Trinajstić information content (AvgIpc) is 3.36. The fourth-order valence-corrected chi connectivity index (χ4v) is 5.63. The Hall–Kier alpha value is -3.31. The summed E-state index contributed by atoms with van der Waals surface area (Å²) in [7, 11) is 1.78. The number of hydrogen-bond acceptors (Lipinski definition) is 6. The van der Waals surface area contributed by atoms with Gasteiger partial charge in [0, 0.05) is 56.3 Å². The van der Waals surface area contributed by atoms with Crippen molar-refractivity contribution >= 4 is 29.4 Å². The van der Waals surface area contributed by atoms with Crippen molar-refractivity contribution in [3.05, 3.63) is 58.7 Å². The van der Waals surface area contributed by atoms with Crippen LogP contribution in [-0.4, -0.2) is 72.2 Å². The molecule has 8 nitrogen and oxygen atoms in total. The number of pyridine rings is 1. The predicted octanol–water partition coefficient (Wildman–Crippen LogP) is 4.44. The molecular formula is C28H32ClN5O3. The quantitative estimate of drug-likeness (QED) is 0.578. The van der Waals surface area contributed by atoms with Crippen molar-refractivity contribution in [2.75, 3.05) is 38.1 Å². The van der Waals surface area contributed by atoms with Crippen LogP contribution in [0.2, 0.25) is 5.02 Å². The van der Waals surface area contributed by atoms with E-state index in [1.165, 1.54) is 0 Å². The number of anilines is 1. The molecule has 0 bridgehead atoms. The monoisotopic (exact) mass is 521 g/mol. The number of carbonyl (C=O) groups is 2. The number of carbonyl (C=O) groups excluding carboxylic acids is 2. The van der Waals surface area contributed by atoms with E-state index in [-0.39, 0.29) is 36.0 Å². The Morgan fingerprint density at radius 3 is 2.41 bits per heavy atom. The fourth-order valence-electron chi connectivity index (χ4n) is 5.50. The highest BCUT2D eigenvalue weighted by molar-refractivity contribution is 6.30. The summed E-state index contributed by atoms with van der Waals surface area (Å²) in [6.45, 7) is 2.52. The molecule has 2 aromatic rings. The number of hydrogen-bond donors (Lipinski definition) is 0. The molecule has 2 aliphatic heterocycles. The van der Waals surface area contributed by atoms with Crippen LogP contribution in [0.15, 0.2) is 42.6 Å². The van der Waals surface area contributed by atoms with E-state index in [9.17, 15) is 9.59 Å². The number of nitriles is 1. The van der Waals surface area contributed by atoms with E-state index in [1.807, 2.05) is 35.2 Å². The summed E-state index contributed by atoms with van der Waals surface area (Å²) < 4.78 is 5.68. The Kier molecular flexibility index (Phi) is 7.52. The SMILES string of the molecule is CN(C(=O)OC1CCC1)C1CN(C(=O)C2CCN(c3ccc(C#N)cn3)CC2)CC1c1ccc(Cl)cc1. The van der Waals surface area contributed by atoms with Gasteiger partial charge in [-0.25, -0.2) is 9.78 Å². The third-order valence-electron chi connectivity index (χ3n) is 8.05. The molecule has 0 N–H and O–H groups in total. The van der Waals surface area contributed by atoms with Gasteiger partial charge in [0.15, 0.2) is 0 Å². The zero-order valence-electron chi connectivity index (χ0n) is 21.1. The van der Waals surface area contributed by atoms with E-state index < -0.39 is 0 Å². The molecule has 2 amide bonds. The summed E-state index contributed by atoms with van der Waals surface area (Å²) in [5.41, 5.74) is 1.60. The summed E-state index contributed by atoms with van der Waals surface area (Å²) in [6, 6.07) is 13.3. The first-order valence-electron chi connectivity index (χ1n) is 13.0. The normalized spacial score (nSPS) is 22.3. The van der Waals surface area contributed by atoms with Gasteiger partial charge in [-0.2, -0.15) is 5.26 Å². The first-order chi connectivity index (χ1) is 17.9. The van der Waals surface area contributed by atoms with Gasteiger partial charge in [0.05, 0.1) is 11.6 Å². The Morgan fingerprint density at radius 2 is 1.81 bits per heavy atom. The zero-order valence-corrected chi connectivity index (χ0v) is 21.8. The molecule has 2 saturated heterocycles. The van der Waals surface area contributed by atoms with E-state index in [4.69, 9.17) is 21.6 Å². The average molecular weight is 522 g/mol. The van der Waals surface area contributed by atoms with Gasteiger partial charge >= 0.3 is 6.09 Å². The van der Waals surface area contributed by atoms with Gasteiger partial charge in [0.25, 0.3) is 0 Å². The number of nitrogens with zero attached hydrogens (tertiary/aromatic N) is 5. The summed E-state index contributed by atoms with van der Waals surface area (Å²) in [5.74, 6) is 0.907. The maximum absolute atomic E-state index is 13.6. The van der Waals surface area contributed by atoms with Crippen LogP contribution in [-0.2, 0) is 9.53 Å². The number of aromatic nitrogens is 1. The van der Waals surface area contributed by atoms with Crippen LogP contribution in [0.25, 0.3) is 0 Å². The molecule has 0 radical (unpaired) electrons. The van der Waals surface area contributed by atoms with Crippen molar-refractivity contribution in [3.63, 3.8) is 0 Å². The standard InChI is InChI=1S/C28H32ClN5O3/c1-32(28(36)37-23-3-2-4-23)25-18-34(17-24(25)20-6-8-22(29)9-7-20)27(35)21-11-13-33(14-12-21)26-10-5-19(15-30)16-31-26/h5-10,16,21,23-25H,2-4,11-14,17-18H2,1H3. The Bertz CT molecular complexity index is 1150. The molecule has 2 unspecified atom stereocenters. The molecule has 1 aliphatic carbocycles. The van der Waals surface area contributed by atoms with Crippen molar-refractivity contribution in [1.29, 1.82) is 5.26 Å². The number of ether oxygens (including phenoxy) is 1. The van der Waals surface area contributed by atoms with Gasteiger partial charge in [0.2, 0.25) is 5.91 Å². The number of halogens is 1. The number of rotatable bonds is 5. The number of benzene rings is 1. The maximum Gasteiger partial charge on any atom is 0.410 e. The molecule has 3 heterocycles. The Balaban J connectivity index is 1.25. The molecule has 1 aromatic heterocycles. The summed E-state index contributed by atoms with van der Waals surface area (Å²) in [6.07, 6.45) is 5.71.